The second-order valence-electron chi connectivity index (χ2n) is 5.43. The molecule has 1 amide bonds. The Bertz CT molecular complexity index is 488. The van der Waals surface area contributed by atoms with Crippen LogP contribution in [0.3, 0.4) is 0 Å². The van der Waals surface area contributed by atoms with Gasteiger partial charge in [-0.25, -0.2) is 0 Å². The van der Waals surface area contributed by atoms with Gasteiger partial charge in [-0.15, -0.1) is 0 Å². The molecule has 1 aliphatic heterocycles. The molecule has 2 aliphatic rings. The monoisotopic (exact) mass is 261 g/mol. The molecule has 1 aromatic carbocycles. The first kappa shape index (κ1) is 12.6. The Labute approximate surface area is 112 Å². The van der Waals surface area contributed by atoms with Crippen molar-refractivity contribution in [1.29, 1.82) is 0 Å². The molecule has 0 saturated carbocycles. The first-order valence-corrected chi connectivity index (χ1v) is 6.84. The number of aliphatic hydroxyl groups is 1. The molecule has 2 unspecified atom stereocenters. The number of ether oxygens (including phenoxy) is 1. The number of aliphatic hydroxyl groups excluding tert-OH is 1. The minimum Gasteiger partial charge on any atom is -0.390 e. The third-order valence-electron chi connectivity index (χ3n) is 4.21. The van der Waals surface area contributed by atoms with E-state index in [0.717, 1.165) is 17.5 Å². The molecule has 1 heterocycles. The van der Waals surface area contributed by atoms with Crippen LogP contribution in [0, 0.1) is 5.92 Å². The van der Waals surface area contributed by atoms with E-state index in [2.05, 4.69) is 5.32 Å². The second-order valence-corrected chi connectivity index (χ2v) is 5.43. The number of fused-ring (bicyclic) bond motifs is 1. The third-order valence-corrected chi connectivity index (χ3v) is 4.21. The van der Waals surface area contributed by atoms with Crippen LogP contribution in [0.1, 0.15) is 30.5 Å². The van der Waals surface area contributed by atoms with Crippen molar-refractivity contribution in [2.45, 2.75) is 38.0 Å². The average molecular weight is 261 g/mol. The molecule has 2 N–H and O–H groups in total. The van der Waals surface area contributed by atoms with Crippen LogP contribution in [-0.2, 0) is 16.0 Å². The number of amides is 1. The highest BCUT2D eigenvalue weighted by Gasteiger charge is 2.36. The fraction of sp³-hybridized carbons (Fsp3) is 0.533. The number of nitrogens with one attached hydrogen (secondary N) is 1. The molecule has 0 aromatic heterocycles. The van der Waals surface area contributed by atoms with Crippen LogP contribution in [0.15, 0.2) is 24.3 Å². The van der Waals surface area contributed by atoms with Crippen LogP contribution in [0.5, 0.6) is 0 Å². The summed E-state index contributed by atoms with van der Waals surface area (Å²) in [6.45, 7) is 2.57. The second kappa shape index (κ2) is 4.94. The highest BCUT2D eigenvalue weighted by Crippen LogP contribution is 2.32. The minimum absolute atomic E-state index is 0.00856. The highest BCUT2D eigenvalue weighted by atomic mass is 16.5. The van der Waals surface area contributed by atoms with E-state index in [9.17, 15) is 9.90 Å². The molecular formula is C15H19NO3. The third kappa shape index (κ3) is 2.26. The van der Waals surface area contributed by atoms with Crippen molar-refractivity contribution < 1.29 is 14.6 Å². The molecule has 1 saturated heterocycles. The fourth-order valence-corrected chi connectivity index (χ4v) is 3.08. The summed E-state index contributed by atoms with van der Waals surface area (Å²) >= 11 is 0. The fourth-order valence-electron chi connectivity index (χ4n) is 3.08. The highest BCUT2D eigenvalue weighted by molar-refractivity contribution is 5.80. The van der Waals surface area contributed by atoms with E-state index in [-0.39, 0.29) is 24.0 Å². The maximum Gasteiger partial charge on any atom is 0.226 e. The summed E-state index contributed by atoms with van der Waals surface area (Å²) in [4.78, 5) is 12.3. The summed E-state index contributed by atoms with van der Waals surface area (Å²) in [5.41, 5.74) is 2.16. The number of benzene rings is 1. The Kier molecular flexibility index (Phi) is 3.29. The van der Waals surface area contributed by atoms with Gasteiger partial charge in [0.05, 0.1) is 24.2 Å². The summed E-state index contributed by atoms with van der Waals surface area (Å²) < 4.78 is 5.42. The van der Waals surface area contributed by atoms with Crippen molar-refractivity contribution in [3.05, 3.63) is 35.4 Å². The molecule has 0 spiro atoms. The average Bonchev–Trinajstić information content (AvgIpc) is 2.94. The number of carbonyl (C=O) groups excluding carboxylic acids is 1. The van der Waals surface area contributed by atoms with Crippen LogP contribution in [0.25, 0.3) is 0 Å². The van der Waals surface area contributed by atoms with E-state index < -0.39 is 6.10 Å². The summed E-state index contributed by atoms with van der Waals surface area (Å²) in [5, 5.41) is 13.1. The van der Waals surface area contributed by atoms with Gasteiger partial charge < -0.3 is 15.2 Å². The van der Waals surface area contributed by atoms with Gasteiger partial charge in [0.15, 0.2) is 0 Å². The largest absolute Gasteiger partial charge is 0.390 e. The van der Waals surface area contributed by atoms with E-state index >= 15 is 0 Å². The van der Waals surface area contributed by atoms with Crippen LogP contribution in [0.2, 0.25) is 0 Å². The number of rotatable bonds is 2. The summed E-state index contributed by atoms with van der Waals surface area (Å²) in [7, 11) is 0. The summed E-state index contributed by atoms with van der Waals surface area (Å²) in [6.07, 6.45) is 0.808. The Morgan fingerprint density at radius 2 is 2.21 bits per heavy atom. The number of hydrogen-bond donors (Lipinski definition) is 2. The lowest BCUT2D eigenvalue weighted by atomic mass is 10.00. The molecular weight excluding hydrogens is 242 g/mol. The van der Waals surface area contributed by atoms with Crippen molar-refractivity contribution in [1.82, 2.24) is 5.32 Å². The topological polar surface area (TPSA) is 58.6 Å². The number of hydrogen-bond acceptors (Lipinski definition) is 3. The number of carbonyl (C=O) groups is 1. The Hall–Kier alpha value is -1.39. The predicted octanol–water partition coefficient (Wildman–Crippen LogP) is 1.19. The lowest BCUT2D eigenvalue weighted by molar-refractivity contribution is -0.127. The van der Waals surface area contributed by atoms with Gasteiger partial charge in [-0.2, -0.15) is 0 Å². The minimum atomic E-state index is -0.529. The first-order chi connectivity index (χ1) is 9.16. The van der Waals surface area contributed by atoms with Crippen LogP contribution < -0.4 is 5.32 Å². The SMILES string of the molecule is CC1OCCC1C(=O)N[C@@H]1c2ccccc2C[C@@H]1O. The zero-order chi connectivity index (χ0) is 13.4. The first-order valence-electron chi connectivity index (χ1n) is 6.84. The van der Waals surface area contributed by atoms with Crippen molar-refractivity contribution in [3.8, 4) is 0 Å². The van der Waals surface area contributed by atoms with Crippen LogP contribution in [0.4, 0.5) is 0 Å². The van der Waals surface area contributed by atoms with Crippen molar-refractivity contribution >= 4 is 5.91 Å². The molecule has 1 fully saturated rings. The zero-order valence-electron chi connectivity index (χ0n) is 11.0. The quantitative estimate of drug-likeness (QED) is 0.840. The van der Waals surface area contributed by atoms with Gasteiger partial charge >= 0.3 is 0 Å². The van der Waals surface area contributed by atoms with E-state index in [4.69, 9.17) is 4.74 Å². The Balaban J connectivity index is 1.75. The van der Waals surface area contributed by atoms with Crippen LogP contribution >= 0.6 is 0 Å². The molecule has 3 rings (SSSR count). The maximum atomic E-state index is 12.3. The lowest BCUT2D eigenvalue weighted by Gasteiger charge is -2.21. The standard InChI is InChI=1S/C15H19NO3/c1-9-11(6-7-19-9)15(18)16-14-12-5-3-2-4-10(12)8-13(14)17/h2-5,9,11,13-14,17H,6-8H2,1H3,(H,16,18)/t9?,11?,13-,14+/m0/s1. The van der Waals surface area contributed by atoms with Gasteiger partial charge in [-0.1, -0.05) is 24.3 Å². The van der Waals surface area contributed by atoms with E-state index in [0.29, 0.717) is 13.0 Å². The van der Waals surface area contributed by atoms with Gasteiger partial charge in [0.1, 0.15) is 0 Å². The lowest BCUT2D eigenvalue weighted by Crippen LogP contribution is -2.39. The maximum absolute atomic E-state index is 12.3. The van der Waals surface area contributed by atoms with Gasteiger partial charge in [-0.05, 0) is 24.5 Å². The van der Waals surface area contributed by atoms with Gasteiger partial charge in [-0.3, -0.25) is 4.79 Å². The van der Waals surface area contributed by atoms with Crippen molar-refractivity contribution in [2.75, 3.05) is 6.61 Å². The molecule has 4 heteroatoms. The van der Waals surface area contributed by atoms with Crippen LogP contribution in [-0.4, -0.2) is 29.8 Å². The van der Waals surface area contributed by atoms with E-state index in [1.54, 1.807) is 0 Å². The Morgan fingerprint density at radius 1 is 1.42 bits per heavy atom. The smallest absolute Gasteiger partial charge is 0.226 e. The molecule has 0 bridgehead atoms. The molecule has 1 aliphatic carbocycles. The zero-order valence-corrected chi connectivity index (χ0v) is 11.0. The van der Waals surface area contributed by atoms with E-state index in [1.807, 2.05) is 31.2 Å². The summed E-state index contributed by atoms with van der Waals surface area (Å²) in [5.74, 6) is -0.106. The summed E-state index contributed by atoms with van der Waals surface area (Å²) in [6, 6.07) is 7.60. The predicted molar refractivity (Wildman–Crippen MR) is 70.6 cm³/mol. The molecule has 4 nitrogen and oxygen atoms in total. The van der Waals surface area contributed by atoms with Gasteiger partial charge in [0.2, 0.25) is 5.91 Å². The molecule has 19 heavy (non-hydrogen) atoms. The molecule has 4 atom stereocenters. The Morgan fingerprint density at radius 3 is 2.95 bits per heavy atom. The molecule has 0 radical (unpaired) electrons. The van der Waals surface area contributed by atoms with Gasteiger partial charge in [0, 0.05) is 13.0 Å². The van der Waals surface area contributed by atoms with Gasteiger partial charge in [0.25, 0.3) is 0 Å². The van der Waals surface area contributed by atoms with Crippen molar-refractivity contribution in [3.63, 3.8) is 0 Å². The van der Waals surface area contributed by atoms with Crippen molar-refractivity contribution in [2.24, 2.45) is 5.92 Å². The molecule has 102 valence electrons. The normalized spacial score (nSPS) is 33.2. The molecule has 1 aromatic rings. The van der Waals surface area contributed by atoms with E-state index in [1.165, 1.54) is 0 Å².